The number of aryl methyl sites for hydroxylation is 1. The Morgan fingerprint density at radius 2 is 1.95 bits per heavy atom. The minimum absolute atomic E-state index is 0.182. The highest BCUT2D eigenvalue weighted by atomic mass is 79.9. The molecule has 2 nitrogen and oxygen atoms in total. The Kier molecular flexibility index (Phi) is 4.66. The predicted molar refractivity (Wildman–Crippen MR) is 86.0 cm³/mol. The average molecular weight is 404 g/mol. The molecule has 0 aliphatic rings. The predicted octanol–water partition coefficient (Wildman–Crippen LogP) is 5.43. The maximum Gasteiger partial charge on any atom is 0.256 e. The Labute approximate surface area is 133 Å². The molecule has 2 aromatic rings. The van der Waals surface area contributed by atoms with Crippen LogP contribution in [-0.4, -0.2) is 5.91 Å². The average Bonchev–Trinajstić information content (AvgIpc) is 2.38. The third kappa shape index (κ3) is 3.38. The second-order valence-electron chi connectivity index (χ2n) is 4.04. The van der Waals surface area contributed by atoms with E-state index >= 15 is 0 Å². The molecule has 2 aromatic carbocycles. The highest BCUT2D eigenvalue weighted by Gasteiger charge is 2.12. The number of nitrogens with one attached hydrogen (secondary N) is 1. The number of carbonyl (C=O) groups is 1. The molecule has 0 atom stereocenters. The summed E-state index contributed by atoms with van der Waals surface area (Å²) in [5.41, 5.74) is 2.26. The summed E-state index contributed by atoms with van der Waals surface area (Å²) < 4.78 is 1.43. The number of hydrogen-bond acceptors (Lipinski definition) is 1. The van der Waals surface area contributed by atoms with Gasteiger partial charge in [0, 0.05) is 4.47 Å². The van der Waals surface area contributed by atoms with Gasteiger partial charge in [0.1, 0.15) is 0 Å². The van der Waals surface area contributed by atoms with Gasteiger partial charge < -0.3 is 5.32 Å². The van der Waals surface area contributed by atoms with E-state index in [-0.39, 0.29) is 5.91 Å². The Morgan fingerprint density at radius 1 is 1.21 bits per heavy atom. The summed E-state index contributed by atoms with van der Waals surface area (Å²) in [5, 5.41) is 3.39. The molecule has 1 amide bonds. The Bertz CT molecular complexity index is 643. The van der Waals surface area contributed by atoms with Crippen molar-refractivity contribution in [1.29, 1.82) is 0 Å². The molecule has 0 unspecified atom stereocenters. The topological polar surface area (TPSA) is 29.1 Å². The molecule has 2 rings (SSSR count). The lowest BCUT2D eigenvalue weighted by Crippen LogP contribution is -2.13. The number of hydrogen-bond donors (Lipinski definition) is 1. The number of carbonyl (C=O) groups excluding carboxylic acids is 1. The van der Waals surface area contributed by atoms with Crippen molar-refractivity contribution in [3.8, 4) is 0 Å². The quantitative estimate of drug-likeness (QED) is 0.712. The first kappa shape index (κ1) is 14.6. The molecule has 0 saturated heterocycles. The van der Waals surface area contributed by atoms with Crippen molar-refractivity contribution in [3.63, 3.8) is 0 Å². The molecular formula is C14H10Br2ClNO. The Hall–Kier alpha value is -0.840. The van der Waals surface area contributed by atoms with Gasteiger partial charge in [-0.2, -0.15) is 0 Å². The van der Waals surface area contributed by atoms with Crippen LogP contribution in [0.1, 0.15) is 15.9 Å². The Balaban J connectivity index is 2.31. The van der Waals surface area contributed by atoms with Gasteiger partial charge in [-0.1, -0.05) is 29.3 Å². The molecule has 0 saturated carbocycles. The van der Waals surface area contributed by atoms with E-state index in [1.165, 1.54) is 0 Å². The molecule has 0 heterocycles. The highest BCUT2D eigenvalue weighted by molar-refractivity contribution is 9.11. The van der Waals surface area contributed by atoms with Gasteiger partial charge in [-0.05, 0) is 63.0 Å². The molecule has 0 aromatic heterocycles. The maximum atomic E-state index is 12.2. The summed E-state index contributed by atoms with van der Waals surface area (Å²) in [7, 11) is 0. The summed E-state index contributed by atoms with van der Waals surface area (Å²) in [6.07, 6.45) is 0. The number of benzene rings is 2. The van der Waals surface area contributed by atoms with Crippen LogP contribution < -0.4 is 5.32 Å². The van der Waals surface area contributed by atoms with E-state index in [0.29, 0.717) is 20.7 Å². The number of halogens is 3. The van der Waals surface area contributed by atoms with Crippen molar-refractivity contribution >= 4 is 55.1 Å². The molecule has 0 radical (unpaired) electrons. The van der Waals surface area contributed by atoms with E-state index in [9.17, 15) is 4.79 Å². The molecular weight excluding hydrogens is 393 g/mol. The summed E-state index contributed by atoms with van der Waals surface area (Å²) >= 11 is 12.7. The highest BCUT2D eigenvalue weighted by Crippen LogP contribution is 2.30. The molecule has 0 spiro atoms. The van der Waals surface area contributed by atoms with Crippen LogP contribution >= 0.6 is 43.5 Å². The van der Waals surface area contributed by atoms with Crippen LogP contribution in [0.4, 0.5) is 5.69 Å². The van der Waals surface area contributed by atoms with E-state index in [2.05, 4.69) is 37.2 Å². The molecule has 0 aliphatic heterocycles. The number of rotatable bonds is 2. The standard InChI is InChI=1S/C14H10Br2ClNO/c1-8-5-6-10(15)9(7-8)14(19)18-12-4-2-3-11(17)13(12)16/h2-7H,1H3,(H,18,19). The SMILES string of the molecule is Cc1ccc(Br)c(C(=O)Nc2cccc(Cl)c2Br)c1. The van der Waals surface area contributed by atoms with Gasteiger partial charge >= 0.3 is 0 Å². The van der Waals surface area contributed by atoms with Crippen LogP contribution in [-0.2, 0) is 0 Å². The van der Waals surface area contributed by atoms with Crippen LogP contribution in [0, 0.1) is 6.92 Å². The van der Waals surface area contributed by atoms with Crippen LogP contribution in [0.2, 0.25) is 5.02 Å². The van der Waals surface area contributed by atoms with E-state index in [1.807, 2.05) is 25.1 Å². The lowest BCUT2D eigenvalue weighted by atomic mass is 10.1. The van der Waals surface area contributed by atoms with Gasteiger partial charge in [0.05, 0.1) is 20.7 Å². The van der Waals surface area contributed by atoms with Crippen LogP contribution in [0.3, 0.4) is 0 Å². The largest absolute Gasteiger partial charge is 0.321 e. The van der Waals surface area contributed by atoms with Crippen LogP contribution in [0.15, 0.2) is 45.3 Å². The number of amides is 1. The van der Waals surface area contributed by atoms with Gasteiger partial charge in [-0.15, -0.1) is 0 Å². The van der Waals surface area contributed by atoms with Crippen LogP contribution in [0.25, 0.3) is 0 Å². The minimum atomic E-state index is -0.182. The Morgan fingerprint density at radius 3 is 2.68 bits per heavy atom. The third-order valence-electron chi connectivity index (χ3n) is 2.57. The second kappa shape index (κ2) is 6.07. The van der Waals surface area contributed by atoms with Crippen molar-refractivity contribution in [2.24, 2.45) is 0 Å². The monoisotopic (exact) mass is 401 g/mol. The van der Waals surface area contributed by atoms with Crippen molar-refractivity contribution in [2.45, 2.75) is 6.92 Å². The molecule has 1 N–H and O–H groups in total. The number of anilines is 1. The van der Waals surface area contributed by atoms with E-state index in [1.54, 1.807) is 18.2 Å². The smallest absolute Gasteiger partial charge is 0.256 e. The summed E-state index contributed by atoms with van der Waals surface area (Å²) in [6.45, 7) is 1.94. The van der Waals surface area contributed by atoms with Gasteiger partial charge in [-0.25, -0.2) is 0 Å². The molecule has 98 valence electrons. The van der Waals surface area contributed by atoms with Gasteiger partial charge in [0.2, 0.25) is 0 Å². The zero-order valence-corrected chi connectivity index (χ0v) is 13.9. The normalized spacial score (nSPS) is 10.3. The van der Waals surface area contributed by atoms with Gasteiger partial charge in [0.25, 0.3) is 5.91 Å². The molecule has 0 aliphatic carbocycles. The van der Waals surface area contributed by atoms with Crippen molar-refractivity contribution in [3.05, 3.63) is 61.5 Å². The van der Waals surface area contributed by atoms with Gasteiger partial charge in [0.15, 0.2) is 0 Å². The fourth-order valence-corrected chi connectivity index (χ4v) is 2.57. The summed E-state index contributed by atoms with van der Waals surface area (Å²) in [5.74, 6) is -0.182. The maximum absolute atomic E-state index is 12.2. The first-order chi connectivity index (χ1) is 8.99. The zero-order valence-electron chi connectivity index (χ0n) is 10.0. The summed E-state index contributed by atoms with van der Waals surface area (Å²) in [6, 6.07) is 11.0. The van der Waals surface area contributed by atoms with Gasteiger partial charge in [-0.3, -0.25) is 4.79 Å². The molecule has 5 heteroatoms. The second-order valence-corrected chi connectivity index (χ2v) is 6.09. The van der Waals surface area contributed by atoms with E-state index in [4.69, 9.17) is 11.6 Å². The third-order valence-corrected chi connectivity index (χ3v) is 4.66. The van der Waals surface area contributed by atoms with Crippen molar-refractivity contribution < 1.29 is 4.79 Å². The molecule has 19 heavy (non-hydrogen) atoms. The zero-order chi connectivity index (χ0) is 14.0. The van der Waals surface area contributed by atoms with Crippen molar-refractivity contribution in [2.75, 3.05) is 5.32 Å². The molecule has 0 bridgehead atoms. The lowest BCUT2D eigenvalue weighted by molar-refractivity contribution is 0.102. The fourth-order valence-electron chi connectivity index (χ4n) is 1.60. The minimum Gasteiger partial charge on any atom is -0.321 e. The molecule has 0 fully saturated rings. The van der Waals surface area contributed by atoms with Crippen molar-refractivity contribution in [1.82, 2.24) is 0 Å². The fraction of sp³-hybridized carbons (Fsp3) is 0.0714. The van der Waals surface area contributed by atoms with Crippen LogP contribution in [0.5, 0.6) is 0 Å². The summed E-state index contributed by atoms with van der Waals surface area (Å²) in [4.78, 5) is 12.2. The van der Waals surface area contributed by atoms with E-state index in [0.717, 1.165) is 10.0 Å². The van der Waals surface area contributed by atoms with E-state index < -0.39 is 0 Å². The first-order valence-corrected chi connectivity index (χ1v) is 7.47. The first-order valence-electron chi connectivity index (χ1n) is 5.50. The lowest BCUT2D eigenvalue weighted by Gasteiger charge is -2.10.